The number of anilines is 1. The van der Waals surface area contributed by atoms with Crippen LogP contribution in [0.1, 0.15) is 52.6 Å². The number of aliphatic hydroxyl groups excluding tert-OH is 1. The van der Waals surface area contributed by atoms with Crippen molar-refractivity contribution in [3.05, 3.63) is 58.4 Å². The molecule has 2 aromatic heterocycles. The molecule has 0 spiro atoms. The van der Waals surface area contributed by atoms with Crippen molar-refractivity contribution in [2.75, 3.05) is 24.5 Å². The van der Waals surface area contributed by atoms with Crippen molar-refractivity contribution in [2.45, 2.75) is 59.2 Å². The molecule has 0 saturated carbocycles. The van der Waals surface area contributed by atoms with E-state index in [1.165, 1.54) is 22.4 Å². The van der Waals surface area contributed by atoms with Crippen LogP contribution in [-0.2, 0) is 19.5 Å². The highest BCUT2D eigenvalue weighted by atomic mass is 35.5. The van der Waals surface area contributed by atoms with Gasteiger partial charge < -0.3 is 19.5 Å². The van der Waals surface area contributed by atoms with Crippen LogP contribution < -0.4 is 4.90 Å². The van der Waals surface area contributed by atoms with Gasteiger partial charge in [-0.2, -0.15) is 0 Å². The van der Waals surface area contributed by atoms with Crippen LogP contribution in [0.2, 0.25) is 0 Å². The summed E-state index contributed by atoms with van der Waals surface area (Å²) in [5.74, 6) is 0.884. The molecule has 2 aliphatic rings. The van der Waals surface area contributed by atoms with E-state index in [2.05, 4.69) is 54.5 Å². The van der Waals surface area contributed by atoms with Crippen molar-refractivity contribution in [3.63, 3.8) is 0 Å². The van der Waals surface area contributed by atoms with Crippen LogP contribution in [0.3, 0.4) is 0 Å². The number of hydrogen-bond acceptors (Lipinski definition) is 4. The summed E-state index contributed by atoms with van der Waals surface area (Å²) < 4.78 is 2.33. The van der Waals surface area contributed by atoms with Gasteiger partial charge in [0, 0.05) is 43.8 Å². The molecule has 3 aromatic rings. The Morgan fingerprint density at radius 1 is 1.12 bits per heavy atom. The largest absolute Gasteiger partial charge is 0.393 e. The van der Waals surface area contributed by atoms with Crippen LogP contribution in [0.4, 0.5) is 5.82 Å². The highest BCUT2D eigenvalue weighted by Gasteiger charge is 2.28. The van der Waals surface area contributed by atoms with Crippen LogP contribution in [0.15, 0.2) is 30.3 Å². The fourth-order valence-corrected chi connectivity index (χ4v) is 5.27. The van der Waals surface area contributed by atoms with E-state index in [0.717, 1.165) is 42.8 Å². The van der Waals surface area contributed by atoms with Gasteiger partial charge in [-0.1, -0.05) is 24.3 Å². The summed E-state index contributed by atoms with van der Waals surface area (Å²) in [5.41, 5.74) is 6.82. The zero-order valence-electron chi connectivity index (χ0n) is 19.7. The van der Waals surface area contributed by atoms with Crippen molar-refractivity contribution in [1.29, 1.82) is 0 Å². The molecule has 0 aliphatic carbocycles. The van der Waals surface area contributed by atoms with E-state index >= 15 is 0 Å². The molecule has 0 unspecified atom stereocenters. The molecule has 1 amide bonds. The van der Waals surface area contributed by atoms with Crippen molar-refractivity contribution < 1.29 is 9.90 Å². The van der Waals surface area contributed by atoms with Gasteiger partial charge >= 0.3 is 0 Å². The third kappa shape index (κ3) is 4.11. The Kier molecular flexibility index (Phi) is 6.68. The second-order valence-corrected chi connectivity index (χ2v) is 9.15. The summed E-state index contributed by atoms with van der Waals surface area (Å²) >= 11 is 0. The smallest absolute Gasteiger partial charge is 0.272 e. The predicted octanol–water partition coefficient (Wildman–Crippen LogP) is 4.25. The van der Waals surface area contributed by atoms with Crippen molar-refractivity contribution >= 4 is 35.0 Å². The SMILES string of the molecule is CCn1c(C)c(C)c2cc(C(=O)N3CCC(O)CC3)nc(N3CCc4ccccc4C3)c21.Cl. The van der Waals surface area contributed by atoms with Gasteiger partial charge in [-0.25, -0.2) is 4.98 Å². The van der Waals surface area contributed by atoms with Crippen molar-refractivity contribution in [2.24, 2.45) is 0 Å². The lowest BCUT2D eigenvalue weighted by atomic mass is 9.99. The molecule has 5 rings (SSSR count). The van der Waals surface area contributed by atoms with Crippen molar-refractivity contribution in [3.8, 4) is 0 Å². The molecule has 1 aromatic carbocycles. The van der Waals surface area contributed by atoms with Crippen LogP contribution >= 0.6 is 12.4 Å². The first-order valence-corrected chi connectivity index (χ1v) is 11.8. The summed E-state index contributed by atoms with van der Waals surface area (Å²) in [5, 5.41) is 11.0. The van der Waals surface area contributed by atoms with Gasteiger partial charge in [0.25, 0.3) is 5.91 Å². The van der Waals surface area contributed by atoms with Crippen LogP contribution in [0.5, 0.6) is 0 Å². The monoisotopic (exact) mass is 468 g/mol. The average Bonchev–Trinajstić information content (AvgIpc) is 3.07. The number of hydrogen-bond donors (Lipinski definition) is 1. The van der Waals surface area contributed by atoms with E-state index in [-0.39, 0.29) is 24.4 Å². The third-order valence-corrected chi connectivity index (χ3v) is 7.31. The molecule has 1 N–H and O–H groups in total. The molecule has 0 atom stereocenters. The lowest BCUT2D eigenvalue weighted by molar-refractivity contribution is 0.0542. The molecule has 4 heterocycles. The van der Waals surface area contributed by atoms with E-state index in [1.54, 1.807) is 0 Å². The fraction of sp³-hybridized carbons (Fsp3) is 0.462. The maximum Gasteiger partial charge on any atom is 0.272 e. The second-order valence-electron chi connectivity index (χ2n) is 9.15. The maximum absolute atomic E-state index is 13.4. The van der Waals surface area contributed by atoms with Crippen LogP contribution in [-0.4, -0.2) is 51.2 Å². The molecule has 7 heteroatoms. The lowest BCUT2D eigenvalue weighted by Crippen LogP contribution is -2.40. The predicted molar refractivity (Wildman–Crippen MR) is 134 cm³/mol. The van der Waals surface area contributed by atoms with E-state index in [4.69, 9.17) is 4.98 Å². The number of aliphatic hydroxyl groups is 1. The van der Waals surface area contributed by atoms with Gasteiger partial charge in [0.1, 0.15) is 5.69 Å². The Balaban J connectivity index is 0.00000259. The first-order chi connectivity index (χ1) is 15.5. The van der Waals surface area contributed by atoms with Gasteiger partial charge in [-0.3, -0.25) is 4.79 Å². The van der Waals surface area contributed by atoms with Crippen LogP contribution in [0.25, 0.3) is 10.9 Å². The van der Waals surface area contributed by atoms with Gasteiger partial charge in [0.2, 0.25) is 0 Å². The van der Waals surface area contributed by atoms with Gasteiger partial charge in [-0.05, 0) is 62.8 Å². The zero-order valence-corrected chi connectivity index (χ0v) is 20.5. The number of amides is 1. The molecule has 0 radical (unpaired) electrons. The van der Waals surface area contributed by atoms with Gasteiger partial charge in [-0.15, -0.1) is 12.4 Å². The molecule has 2 aliphatic heterocycles. The Bertz CT molecular complexity index is 1180. The number of halogens is 1. The van der Waals surface area contributed by atoms with Gasteiger partial charge in [0.15, 0.2) is 5.82 Å². The normalized spacial score (nSPS) is 16.6. The molecule has 33 heavy (non-hydrogen) atoms. The standard InChI is InChI=1S/C26H32N4O2.ClH/c1-4-30-18(3)17(2)22-15-23(26(32)28-13-10-21(31)11-14-28)27-25(24(22)30)29-12-9-19-7-5-6-8-20(19)16-29;/h5-8,15,21,31H,4,9-14,16H2,1-3H3;1H. The summed E-state index contributed by atoms with van der Waals surface area (Å²) in [6.45, 7) is 10.2. The molecule has 1 fully saturated rings. The number of aryl methyl sites for hydroxylation is 2. The maximum atomic E-state index is 13.4. The van der Waals surface area contributed by atoms with E-state index < -0.39 is 0 Å². The second kappa shape index (κ2) is 9.35. The lowest BCUT2D eigenvalue weighted by Gasteiger charge is -2.32. The fourth-order valence-electron chi connectivity index (χ4n) is 5.27. The summed E-state index contributed by atoms with van der Waals surface area (Å²) in [7, 11) is 0. The summed E-state index contributed by atoms with van der Waals surface area (Å²) in [6.07, 6.45) is 1.94. The molecule has 6 nitrogen and oxygen atoms in total. The minimum atomic E-state index is -0.304. The number of likely N-dealkylation sites (tertiary alicyclic amines) is 1. The highest BCUT2D eigenvalue weighted by molar-refractivity contribution is 6.01. The summed E-state index contributed by atoms with van der Waals surface area (Å²) in [4.78, 5) is 22.6. The van der Waals surface area contributed by atoms with E-state index in [9.17, 15) is 9.90 Å². The minimum absolute atomic E-state index is 0. The third-order valence-electron chi connectivity index (χ3n) is 7.31. The quantitative estimate of drug-likeness (QED) is 0.624. The number of piperidine rings is 1. The topological polar surface area (TPSA) is 61.6 Å². The van der Waals surface area contributed by atoms with Crippen molar-refractivity contribution in [1.82, 2.24) is 14.5 Å². The van der Waals surface area contributed by atoms with E-state index in [0.29, 0.717) is 31.6 Å². The first-order valence-electron chi connectivity index (χ1n) is 11.8. The number of nitrogens with zero attached hydrogens (tertiary/aromatic N) is 4. The Labute approximate surface area is 201 Å². The van der Waals surface area contributed by atoms with Crippen LogP contribution in [0, 0.1) is 13.8 Å². The Morgan fingerprint density at radius 3 is 2.52 bits per heavy atom. The molecular formula is C26H33ClN4O2. The van der Waals surface area contributed by atoms with E-state index in [1.807, 2.05) is 11.0 Å². The highest BCUT2D eigenvalue weighted by Crippen LogP contribution is 2.35. The molecular weight excluding hydrogens is 436 g/mol. The Morgan fingerprint density at radius 2 is 1.82 bits per heavy atom. The Hall–Kier alpha value is -2.57. The number of carbonyl (C=O) groups is 1. The number of pyridine rings is 1. The molecule has 0 bridgehead atoms. The van der Waals surface area contributed by atoms with Gasteiger partial charge in [0.05, 0.1) is 11.6 Å². The molecule has 1 saturated heterocycles. The number of benzene rings is 1. The summed E-state index contributed by atoms with van der Waals surface area (Å²) in [6, 6.07) is 10.6. The zero-order chi connectivity index (χ0) is 22.4. The molecule has 176 valence electrons. The number of carbonyl (C=O) groups excluding carboxylic acids is 1. The minimum Gasteiger partial charge on any atom is -0.393 e. The average molecular weight is 469 g/mol. The first kappa shape index (κ1) is 23.6. The number of rotatable bonds is 3. The number of fused-ring (bicyclic) bond motifs is 2. The number of aromatic nitrogens is 2.